The van der Waals surface area contributed by atoms with E-state index in [0.717, 1.165) is 11.0 Å². The van der Waals surface area contributed by atoms with Crippen LogP contribution in [0.1, 0.15) is 10.4 Å². The van der Waals surface area contributed by atoms with Crippen LogP contribution in [-0.4, -0.2) is 40.9 Å². The number of carbonyl (C=O) groups is 3. The van der Waals surface area contributed by atoms with E-state index in [1.54, 1.807) is 53.7 Å². The van der Waals surface area contributed by atoms with Gasteiger partial charge in [0.05, 0.1) is 23.6 Å². The summed E-state index contributed by atoms with van der Waals surface area (Å²) in [5.74, 6) is -3.39. The number of allylic oxidation sites excluding steroid dienone is 1. The molecule has 0 bridgehead atoms. The van der Waals surface area contributed by atoms with Crippen molar-refractivity contribution in [2.45, 2.75) is 12.1 Å². The number of anilines is 1. The van der Waals surface area contributed by atoms with E-state index in [9.17, 15) is 18.8 Å². The Morgan fingerprint density at radius 1 is 0.966 bits per heavy atom. The zero-order valence-electron chi connectivity index (χ0n) is 15.2. The lowest BCUT2D eigenvalue weighted by molar-refractivity contribution is -0.123. The first kappa shape index (κ1) is 17.5. The van der Waals surface area contributed by atoms with Crippen molar-refractivity contribution in [3.05, 3.63) is 78.1 Å². The quantitative estimate of drug-likeness (QED) is 0.597. The van der Waals surface area contributed by atoms with Gasteiger partial charge in [0.15, 0.2) is 5.78 Å². The molecule has 2 aromatic carbocycles. The largest absolute Gasteiger partial charge is 0.292 e. The van der Waals surface area contributed by atoms with E-state index in [1.807, 2.05) is 0 Å². The van der Waals surface area contributed by atoms with Crippen LogP contribution < -0.4 is 4.90 Å². The van der Waals surface area contributed by atoms with Crippen LogP contribution in [0.4, 0.5) is 10.1 Å². The van der Waals surface area contributed by atoms with Crippen molar-refractivity contribution in [2.75, 3.05) is 4.90 Å². The summed E-state index contributed by atoms with van der Waals surface area (Å²) in [7, 11) is 0. The van der Waals surface area contributed by atoms with E-state index >= 15 is 0 Å². The maximum Gasteiger partial charge on any atom is 0.240 e. The average molecular weight is 389 g/mol. The Balaban J connectivity index is 1.59. The number of carbonyl (C=O) groups excluding carboxylic acids is 3. The molecule has 0 spiro atoms. The number of halogens is 1. The maximum absolute atomic E-state index is 13.7. The number of hydrogen-bond acceptors (Lipinski definition) is 5. The number of Topliss-reactive ketones (excluding diaryl/α,β-unsaturated/α-hetero) is 1. The first-order chi connectivity index (χ1) is 14.1. The summed E-state index contributed by atoms with van der Waals surface area (Å²) in [6.45, 7) is 0. The van der Waals surface area contributed by atoms with Gasteiger partial charge in [-0.15, -0.1) is 0 Å². The molecule has 6 nitrogen and oxygen atoms in total. The first-order valence-electron chi connectivity index (χ1n) is 9.29. The molecule has 0 N–H and O–H groups in total. The molecule has 7 heteroatoms. The van der Waals surface area contributed by atoms with Gasteiger partial charge in [-0.25, -0.2) is 9.29 Å². The molecule has 2 amide bonds. The fourth-order valence-corrected chi connectivity index (χ4v) is 4.48. The number of hydrazone groups is 1. The fraction of sp³-hybridized carbons (Fsp3) is 0.182. The van der Waals surface area contributed by atoms with Crippen molar-refractivity contribution in [2.24, 2.45) is 16.9 Å². The highest BCUT2D eigenvalue weighted by Gasteiger charge is 2.64. The standard InChI is InChI=1S/C22H16FN3O3/c23-14-8-4-9-15(12-14)25-21(28)17-16-10-5-11-24-26(16)19(18(17)22(25)29)20(27)13-6-2-1-3-7-13/h1-12,16-19H/t16-,17-,18-,19-/m0/s1. The highest BCUT2D eigenvalue weighted by Crippen LogP contribution is 2.46. The third-order valence-corrected chi connectivity index (χ3v) is 5.68. The molecule has 2 saturated heterocycles. The first-order valence-corrected chi connectivity index (χ1v) is 9.29. The van der Waals surface area contributed by atoms with E-state index in [4.69, 9.17) is 0 Å². The van der Waals surface area contributed by atoms with Gasteiger partial charge in [-0.05, 0) is 24.3 Å². The Morgan fingerprint density at radius 3 is 2.48 bits per heavy atom. The normalized spacial score (nSPS) is 27.3. The van der Waals surface area contributed by atoms with Crippen LogP contribution in [0.25, 0.3) is 0 Å². The van der Waals surface area contributed by atoms with E-state index in [2.05, 4.69) is 5.10 Å². The van der Waals surface area contributed by atoms with E-state index < -0.39 is 41.6 Å². The molecule has 0 radical (unpaired) electrons. The van der Waals surface area contributed by atoms with E-state index in [-0.39, 0.29) is 11.5 Å². The second kappa shape index (κ2) is 6.48. The second-order valence-corrected chi connectivity index (χ2v) is 7.24. The van der Waals surface area contributed by atoms with E-state index in [0.29, 0.717) is 5.56 Å². The van der Waals surface area contributed by atoms with Gasteiger partial charge in [0.2, 0.25) is 11.8 Å². The van der Waals surface area contributed by atoms with Gasteiger partial charge in [-0.1, -0.05) is 42.5 Å². The van der Waals surface area contributed by atoms with Crippen LogP contribution in [0, 0.1) is 17.7 Å². The number of hydrogen-bond donors (Lipinski definition) is 0. The summed E-state index contributed by atoms with van der Waals surface area (Å²) in [6, 6.07) is 12.6. The van der Waals surface area contributed by atoms with E-state index in [1.165, 1.54) is 18.2 Å². The van der Waals surface area contributed by atoms with Crippen LogP contribution in [-0.2, 0) is 9.59 Å². The number of ketones is 1. The Labute approximate surface area is 165 Å². The molecule has 3 heterocycles. The van der Waals surface area contributed by atoms with Gasteiger partial charge in [0.25, 0.3) is 0 Å². The molecule has 144 valence electrons. The molecule has 0 saturated carbocycles. The third-order valence-electron chi connectivity index (χ3n) is 5.68. The predicted octanol–water partition coefficient (Wildman–Crippen LogP) is 2.42. The molecule has 29 heavy (non-hydrogen) atoms. The lowest BCUT2D eigenvalue weighted by Gasteiger charge is -2.30. The van der Waals surface area contributed by atoms with Crippen molar-refractivity contribution in [3.63, 3.8) is 0 Å². The highest BCUT2D eigenvalue weighted by molar-refractivity contribution is 6.24. The average Bonchev–Trinajstić information content (AvgIpc) is 3.21. The highest BCUT2D eigenvalue weighted by atomic mass is 19.1. The summed E-state index contributed by atoms with van der Waals surface area (Å²) < 4.78 is 13.7. The van der Waals surface area contributed by atoms with Crippen LogP contribution in [0.15, 0.2) is 71.9 Å². The van der Waals surface area contributed by atoms with Gasteiger partial charge >= 0.3 is 0 Å². The Bertz CT molecular complexity index is 1080. The second-order valence-electron chi connectivity index (χ2n) is 7.24. The number of benzene rings is 2. The summed E-state index contributed by atoms with van der Waals surface area (Å²) >= 11 is 0. The van der Waals surface area contributed by atoms with Gasteiger partial charge < -0.3 is 0 Å². The van der Waals surface area contributed by atoms with Crippen molar-refractivity contribution in [1.29, 1.82) is 0 Å². The van der Waals surface area contributed by atoms with Crippen molar-refractivity contribution < 1.29 is 18.8 Å². The Hall–Kier alpha value is -3.61. The van der Waals surface area contributed by atoms with Crippen molar-refractivity contribution in [1.82, 2.24) is 5.01 Å². The molecule has 0 unspecified atom stereocenters. The smallest absolute Gasteiger partial charge is 0.240 e. The minimum absolute atomic E-state index is 0.176. The number of nitrogens with zero attached hydrogens (tertiary/aromatic N) is 3. The van der Waals surface area contributed by atoms with Gasteiger partial charge in [-0.2, -0.15) is 5.10 Å². The minimum Gasteiger partial charge on any atom is -0.292 e. The molecular weight excluding hydrogens is 373 g/mol. The van der Waals surface area contributed by atoms with Crippen LogP contribution in [0.2, 0.25) is 0 Å². The summed E-state index contributed by atoms with van der Waals surface area (Å²) in [5, 5.41) is 5.86. The monoisotopic (exact) mass is 389 g/mol. The molecule has 4 atom stereocenters. The molecule has 3 aliphatic heterocycles. The number of rotatable bonds is 3. The zero-order valence-corrected chi connectivity index (χ0v) is 15.2. The maximum atomic E-state index is 13.7. The topological polar surface area (TPSA) is 70.0 Å². The molecule has 2 aromatic rings. The zero-order chi connectivity index (χ0) is 20.1. The fourth-order valence-electron chi connectivity index (χ4n) is 4.48. The molecule has 3 aliphatic rings. The lowest BCUT2D eigenvalue weighted by atomic mass is 9.86. The van der Waals surface area contributed by atoms with Gasteiger partial charge in [0.1, 0.15) is 11.9 Å². The summed E-state index contributed by atoms with van der Waals surface area (Å²) in [5.41, 5.74) is 0.626. The Morgan fingerprint density at radius 2 is 1.72 bits per heavy atom. The number of amides is 2. The van der Waals surface area contributed by atoms with Crippen LogP contribution in [0.5, 0.6) is 0 Å². The Kier molecular flexibility index (Phi) is 3.91. The SMILES string of the molecule is O=C(c1ccccc1)[C@@H]1[C@H]2C(=O)N(c3cccc(F)c3)C(=O)[C@H]2[C@@H]2C=CC=NN12. The lowest BCUT2D eigenvalue weighted by Crippen LogP contribution is -2.46. The molecule has 5 rings (SSSR count). The molecule has 0 aromatic heterocycles. The van der Waals surface area contributed by atoms with Gasteiger partial charge in [0, 0.05) is 11.8 Å². The molecular formula is C22H16FN3O3. The molecule has 2 fully saturated rings. The number of imide groups is 1. The summed E-state index contributed by atoms with van der Waals surface area (Å²) in [4.78, 5) is 40.9. The van der Waals surface area contributed by atoms with Gasteiger partial charge in [-0.3, -0.25) is 19.4 Å². The number of fused-ring (bicyclic) bond motifs is 3. The van der Waals surface area contributed by atoms with Crippen molar-refractivity contribution >= 4 is 29.5 Å². The van der Waals surface area contributed by atoms with Crippen molar-refractivity contribution in [3.8, 4) is 0 Å². The summed E-state index contributed by atoms with van der Waals surface area (Å²) in [6.07, 6.45) is 5.03. The van der Waals surface area contributed by atoms with Crippen LogP contribution in [0.3, 0.4) is 0 Å². The molecule has 0 aliphatic carbocycles. The predicted molar refractivity (Wildman–Crippen MR) is 104 cm³/mol. The third kappa shape index (κ3) is 2.54. The van der Waals surface area contributed by atoms with Crippen LogP contribution >= 0.6 is 0 Å². The minimum atomic E-state index is -0.899.